The third kappa shape index (κ3) is 3.71. The Morgan fingerprint density at radius 3 is 2.76 bits per heavy atom. The Morgan fingerprint density at radius 2 is 2.00 bits per heavy atom. The number of aromatic nitrogens is 1. The lowest BCUT2D eigenvalue weighted by atomic mass is 9.94. The first kappa shape index (κ1) is 20.8. The van der Waals surface area contributed by atoms with Crippen LogP contribution in [-0.2, 0) is 22.6 Å². The highest BCUT2D eigenvalue weighted by Gasteiger charge is 2.46. The minimum absolute atomic E-state index is 0.00290. The van der Waals surface area contributed by atoms with Gasteiger partial charge in [-0.05, 0) is 60.0 Å². The smallest absolute Gasteiger partial charge is 0.295 e. The van der Waals surface area contributed by atoms with Gasteiger partial charge in [-0.1, -0.05) is 18.2 Å². The van der Waals surface area contributed by atoms with Gasteiger partial charge in [-0.3, -0.25) is 14.6 Å². The summed E-state index contributed by atoms with van der Waals surface area (Å²) in [7, 11) is 0. The van der Waals surface area contributed by atoms with Gasteiger partial charge in [0.2, 0.25) is 0 Å². The molecule has 1 fully saturated rings. The number of aromatic hydroxyl groups is 1. The van der Waals surface area contributed by atoms with E-state index in [1.54, 1.807) is 48.8 Å². The summed E-state index contributed by atoms with van der Waals surface area (Å²) in [5, 5.41) is 21.3. The Bertz CT molecular complexity index is 1280. The van der Waals surface area contributed by atoms with Gasteiger partial charge < -0.3 is 19.8 Å². The lowest BCUT2D eigenvalue weighted by molar-refractivity contribution is -0.140. The molecule has 0 spiro atoms. The van der Waals surface area contributed by atoms with Gasteiger partial charge in [0.1, 0.15) is 23.4 Å². The second kappa shape index (κ2) is 8.09. The van der Waals surface area contributed by atoms with E-state index in [-0.39, 0.29) is 29.7 Å². The van der Waals surface area contributed by atoms with E-state index in [0.29, 0.717) is 17.5 Å². The highest BCUT2D eigenvalue weighted by atomic mass is 16.5. The van der Waals surface area contributed by atoms with E-state index in [4.69, 9.17) is 4.74 Å². The minimum atomic E-state index is -0.860. The van der Waals surface area contributed by atoms with E-state index >= 15 is 0 Å². The number of aliphatic hydroxyl groups excluding tert-OH is 1. The van der Waals surface area contributed by atoms with E-state index in [9.17, 15) is 19.8 Å². The lowest BCUT2D eigenvalue weighted by Crippen LogP contribution is -2.29. The fourth-order valence-corrected chi connectivity index (χ4v) is 4.50. The molecule has 2 atom stereocenters. The number of hydrogen-bond donors (Lipinski definition) is 2. The second-order valence-corrected chi connectivity index (χ2v) is 8.34. The van der Waals surface area contributed by atoms with Crippen LogP contribution in [0, 0.1) is 0 Å². The highest BCUT2D eigenvalue weighted by molar-refractivity contribution is 6.46. The van der Waals surface area contributed by atoms with Gasteiger partial charge in [0.25, 0.3) is 11.7 Å². The van der Waals surface area contributed by atoms with Crippen molar-refractivity contribution in [1.29, 1.82) is 0 Å². The number of nitrogens with zero attached hydrogens (tertiary/aromatic N) is 2. The van der Waals surface area contributed by atoms with Crippen molar-refractivity contribution in [3.8, 4) is 11.5 Å². The average Bonchev–Trinajstić information content (AvgIpc) is 3.30. The topological polar surface area (TPSA) is 100.0 Å². The number of Topliss-reactive ketones (excluding diaryl/α,β-unsaturated/α-hetero) is 1. The van der Waals surface area contributed by atoms with Crippen LogP contribution < -0.4 is 4.74 Å². The normalized spacial score (nSPS) is 21.2. The quantitative estimate of drug-likeness (QED) is 0.363. The second-order valence-electron chi connectivity index (χ2n) is 8.34. The molecule has 0 unspecified atom stereocenters. The first-order valence-electron chi connectivity index (χ1n) is 10.7. The molecule has 1 saturated heterocycles. The number of fused-ring (bicyclic) bond motifs is 1. The van der Waals surface area contributed by atoms with Crippen LogP contribution in [0.2, 0.25) is 0 Å². The van der Waals surface area contributed by atoms with E-state index in [1.807, 2.05) is 13.0 Å². The van der Waals surface area contributed by atoms with Crippen LogP contribution in [0.4, 0.5) is 0 Å². The predicted molar refractivity (Wildman–Crippen MR) is 120 cm³/mol. The van der Waals surface area contributed by atoms with Crippen molar-refractivity contribution in [3.05, 3.63) is 94.8 Å². The standard InChI is InChI=1S/C26H22N2O5/c1-15-10-19-11-18(7-8-21(19)33-15)24(30)22-23(17-5-2-6-20(29)12-17)28(26(32)25(22)31)14-16-4-3-9-27-13-16/h2-9,11-13,15,23,29-30H,10,14H2,1H3/t15-,23+/m0/s1. The van der Waals surface area contributed by atoms with Crippen molar-refractivity contribution in [2.75, 3.05) is 0 Å². The van der Waals surface area contributed by atoms with Crippen molar-refractivity contribution in [1.82, 2.24) is 9.88 Å². The summed E-state index contributed by atoms with van der Waals surface area (Å²) in [6, 6.07) is 14.3. The molecule has 7 heteroatoms. The molecule has 0 aliphatic carbocycles. The van der Waals surface area contributed by atoms with Gasteiger partial charge in [0.15, 0.2) is 0 Å². The van der Waals surface area contributed by atoms with Crippen molar-refractivity contribution >= 4 is 17.4 Å². The number of hydrogen-bond acceptors (Lipinski definition) is 6. The number of phenols is 1. The van der Waals surface area contributed by atoms with Crippen LogP contribution in [0.5, 0.6) is 11.5 Å². The number of ketones is 1. The fraction of sp³-hybridized carbons (Fsp3) is 0.192. The predicted octanol–water partition coefficient (Wildman–Crippen LogP) is 3.73. The summed E-state index contributed by atoms with van der Waals surface area (Å²) in [4.78, 5) is 31.7. The highest BCUT2D eigenvalue weighted by Crippen LogP contribution is 2.41. The number of benzene rings is 2. The molecular weight excluding hydrogens is 420 g/mol. The molecule has 2 N–H and O–H groups in total. The van der Waals surface area contributed by atoms with Crippen LogP contribution in [0.3, 0.4) is 0 Å². The van der Waals surface area contributed by atoms with Crippen LogP contribution in [0.25, 0.3) is 5.76 Å². The lowest BCUT2D eigenvalue weighted by Gasteiger charge is -2.25. The Labute approximate surface area is 190 Å². The van der Waals surface area contributed by atoms with Crippen molar-refractivity contribution < 1.29 is 24.5 Å². The Balaban J connectivity index is 1.64. The van der Waals surface area contributed by atoms with Crippen molar-refractivity contribution in [2.24, 2.45) is 0 Å². The molecule has 3 aromatic rings. The molecule has 7 nitrogen and oxygen atoms in total. The number of aliphatic hydroxyl groups is 1. The number of pyridine rings is 1. The number of phenolic OH excluding ortho intramolecular Hbond substituents is 1. The number of amides is 1. The number of ether oxygens (including phenoxy) is 1. The van der Waals surface area contributed by atoms with Gasteiger partial charge in [-0.2, -0.15) is 0 Å². The zero-order valence-corrected chi connectivity index (χ0v) is 17.9. The molecule has 1 amide bonds. The van der Waals surface area contributed by atoms with Crippen LogP contribution in [-0.4, -0.2) is 37.9 Å². The molecule has 33 heavy (non-hydrogen) atoms. The molecule has 0 saturated carbocycles. The van der Waals surface area contributed by atoms with Gasteiger partial charge in [0, 0.05) is 30.9 Å². The number of carbonyl (C=O) groups is 2. The van der Waals surface area contributed by atoms with Gasteiger partial charge in [0.05, 0.1) is 11.6 Å². The number of likely N-dealkylation sites (tertiary alicyclic amines) is 1. The Morgan fingerprint density at radius 1 is 1.15 bits per heavy atom. The summed E-state index contributed by atoms with van der Waals surface area (Å²) >= 11 is 0. The maximum atomic E-state index is 13.2. The summed E-state index contributed by atoms with van der Waals surface area (Å²) in [5.74, 6) is -0.983. The zero-order chi connectivity index (χ0) is 23.1. The largest absolute Gasteiger partial charge is 0.508 e. The van der Waals surface area contributed by atoms with E-state index in [2.05, 4.69) is 4.98 Å². The molecule has 0 radical (unpaired) electrons. The first-order valence-corrected chi connectivity index (χ1v) is 10.7. The molecule has 2 aromatic carbocycles. The van der Waals surface area contributed by atoms with Crippen molar-refractivity contribution in [3.63, 3.8) is 0 Å². The molecule has 166 valence electrons. The van der Waals surface area contributed by atoms with Gasteiger partial charge in [-0.15, -0.1) is 0 Å². The minimum Gasteiger partial charge on any atom is -0.508 e. The van der Waals surface area contributed by atoms with Crippen LogP contribution in [0.1, 0.15) is 35.2 Å². The summed E-state index contributed by atoms with van der Waals surface area (Å²) in [6.07, 6.45) is 3.99. The molecule has 0 bridgehead atoms. The molecule has 2 aliphatic rings. The molecule has 5 rings (SSSR count). The van der Waals surface area contributed by atoms with E-state index in [0.717, 1.165) is 16.9 Å². The third-order valence-corrected chi connectivity index (χ3v) is 5.97. The fourth-order valence-electron chi connectivity index (χ4n) is 4.50. The zero-order valence-electron chi connectivity index (χ0n) is 17.9. The summed E-state index contributed by atoms with van der Waals surface area (Å²) in [5.41, 5.74) is 2.63. The maximum absolute atomic E-state index is 13.2. The Kier molecular flexibility index (Phi) is 5.09. The van der Waals surface area contributed by atoms with Crippen LogP contribution in [0.15, 0.2) is 72.6 Å². The van der Waals surface area contributed by atoms with E-state index in [1.165, 1.54) is 17.0 Å². The third-order valence-electron chi connectivity index (χ3n) is 5.97. The SMILES string of the molecule is C[C@H]1Cc2cc(C(O)=C3C(=O)C(=O)N(Cc4cccnc4)[C@@H]3c3cccc(O)c3)ccc2O1. The summed E-state index contributed by atoms with van der Waals surface area (Å²) in [6.45, 7) is 2.09. The molecule has 3 heterocycles. The molecule has 2 aliphatic heterocycles. The van der Waals surface area contributed by atoms with E-state index < -0.39 is 17.7 Å². The molecular formula is C26H22N2O5. The van der Waals surface area contributed by atoms with Crippen molar-refractivity contribution in [2.45, 2.75) is 32.0 Å². The van der Waals surface area contributed by atoms with Gasteiger partial charge >= 0.3 is 0 Å². The van der Waals surface area contributed by atoms with Crippen LogP contribution >= 0.6 is 0 Å². The summed E-state index contributed by atoms with van der Waals surface area (Å²) < 4.78 is 5.73. The first-order chi connectivity index (χ1) is 15.9. The number of rotatable bonds is 4. The van der Waals surface area contributed by atoms with Gasteiger partial charge in [-0.25, -0.2) is 0 Å². The number of carbonyl (C=O) groups excluding carboxylic acids is 2. The monoisotopic (exact) mass is 442 g/mol. The average molecular weight is 442 g/mol. The molecule has 1 aromatic heterocycles. The Hall–Kier alpha value is -4.13. The maximum Gasteiger partial charge on any atom is 0.295 e.